The number of esters is 1. The van der Waals surface area contributed by atoms with Crippen molar-refractivity contribution in [2.45, 2.75) is 23.1 Å². The van der Waals surface area contributed by atoms with Crippen molar-refractivity contribution in [1.82, 2.24) is 4.98 Å². The van der Waals surface area contributed by atoms with Gasteiger partial charge in [0.2, 0.25) is 11.8 Å². The summed E-state index contributed by atoms with van der Waals surface area (Å²) in [6.45, 7) is 1.52. The molecular weight excluding hydrogens is 609 g/mol. The minimum atomic E-state index is -0.881. The molecule has 2 aliphatic rings. The van der Waals surface area contributed by atoms with E-state index in [1.807, 2.05) is 0 Å². The molecule has 3 amide bonds. The van der Waals surface area contributed by atoms with Gasteiger partial charge in [-0.25, -0.2) is 14.1 Å². The summed E-state index contributed by atoms with van der Waals surface area (Å²) < 4.78 is 24.2. The number of rotatable bonds is 8. The van der Waals surface area contributed by atoms with Gasteiger partial charge in [0.15, 0.2) is 6.61 Å². The van der Waals surface area contributed by atoms with Crippen LogP contribution in [0.3, 0.4) is 0 Å². The van der Waals surface area contributed by atoms with Gasteiger partial charge in [0.1, 0.15) is 16.8 Å². The van der Waals surface area contributed by atoms with Crippen molar-refractivity contribution in [3.63, 3.8) is 0 Å². The van der Waals surface area contributed by atoms with E-state index in [-0.39, 0.29) is 23.7 Å². The van der Waals surface area contributed by atoms with E-state index in [0.717, 1.165) is 28.0 Å². The van der Waals surface area contributed by atoms with Gasteiger partial charge in [-0.2, -0.15) is 0 Å². The number of amides is 3. The second kappa shape index (κ2) is 12.1. The molecule has 13 heteroatoms. The molecule has 3 unspecified atom stereocenters. The number of aromatic amines is 1. The Balaban J connectivity index is 1.31. The molecule has 2 aliphatic heterocycles. The molecule has 4 aromatic rings. The number of hydrogen-bond donors (Lipinski definition) is 2. The lowest BCUT2D eigenvalue weighted by atomic mass is 9.82. The van der Waals surface area contributed by atoms with E-state index in [2.05, 4.69) is 10.3 Å². The van der Waals surface area contributed by atoms with Crippen molar-refractivity contribution in [1.29, 1.82) is 0 Å². The molecule has 0 saturated carbocycles. The number of imide groups is 1. The Morgan fingerprint density at radius 1 is 0.977 bits per heavy atom. The molecule has 0 radical (unpaired) electrons. The summed E-state index contributed by atoms with van der Waals surface area (Å²) in [5, 5.41) is 2.29. The molecule has 44 heavy (non-hydrogen) atoms. The molecule has 2 N–H and O–H groups in total. The molecule has 1 saturated heterocycles. The first kappa shape index (κ1) is 29.3. The minimum Gasteiger partial charge on any atom is -0.483 e. The number of anilines is 2. The summed E-state index contributed by atoms with van der Waals surface area (Å²) in [6.07, 6.45) is 0. The van der Waals surface area contributed by atoms with Gasteiger partial charge in [0, 0.05) is 22.0 Å². The third-order valence-electron chi connectivity index (χ3n) is 7.20. The van der Waals surface area contributed by atoms with E-state index < -0.39 is 46.6 Å². The maximum absolute atomic E-state index is 14.1. The smallest absolute Gasteiger partial charge is 0.338 e. The second-order valence-corrected chi connectivity index (χ2v) is 12.1. The number of hydrogen-bond acceptors (Lipinski definition) is 9. The summed E-state index contributed by atoms with van der Waals surface area (Å²) in [7, 11) is 0. The summed E-state index contributed by atoms with van der Waals surface area (Å²) in [6, 6.07) is 18.2. The van der Waals surface area contributed by atoms with Gasteiger partial charge in [-0.15, -0.1) is 0 Å². The van der Waals surface area contributed by atoms with Crippen molar-refractivity contribution in [3.05, 3.63) is 104 Å². The number of halogens is 1. The van der Waals surface area contributed by atoms with Crippen LogP contribution >= 0.6 is 23.1 Å². The summed E-state index contributed by atoms with van der Waals surface area (Å²) in [5.74, 6) is -3.65. The molecule has 0 aliphatic carbocycles. The average Bonchev–Trinajstić information content (AvgIpc) is 3.51. The highest BCUT2D eigenvalue weighted by Gasteiger charge is 2.56. The molecule has 3 atom stereocenters. The predicted molar refractivity (Wildman–Crippen MR) is 162 cm³/mol. The highest BCUT2D eigenvalue weighted by atomic mass is 32.2. The van der Waals surface area contributed by atoms with Crippen molar-refractivity contribution < 1.29 is 33.0 Å². The first-order chi connectivity index (χ1) is 21.2. The maximum Gasteiger partial charge on any atom is 0.338 e. The zero-order valence-corrected chi connectivity index (χ0v) is 24.7. The van der Waals surface area contributed by atoms with E-state index in [0.29, 0.717) is 32.6 Å². The molecule has 224 valence electrons. The van der Waals surface area contributed by atoms with E-state index in [4.69, 9.17) is 9.47 Å². The first-order valence-electron chi connectivity index (χ1n) is 13.6. The Kier molecular flexibility index (Phi) is 8.06. The number of para-hydroxylation sites is 1. The van der Waals surface area contributed by atoms with Crippen molar-refractivity contribution in [2.75, 3.05) is 23.4 Å². The Labute approximate surface area is 258 Å². The van der Waals surface area contributed by atoms with Crippen LogP contribution in [0.2, 0.25) is 0 Å². The molecule has 3 heterocycles. The van der Waals surface area contributed by atoms with Crippen LogP contribution < -0.4 is 19.8 Å². The fraction of sp³-hybridized carbons (Fsp3) is 0.194. The number of aromatic nitrogens is 1. The Morgan fingerprint density at radius 2 is 1.70 bits per heavy atom. The fourth-order valence-corrected chi connectivity index (χ4v) is 7.82. The molecule has 10 nitrogen and oxygen atoms in total. The lowest BCUT2D eigenvalue weighted by Crippen LogP contribution is -2.32. The number of carbonyl (C=O) groups excluding carboxylic acids is 4. The van der Waals surface area contributed by atoms with E-state index in [9.17, 15) is 28.4 Å². The third kappa shape index (κ3) is 5.51. The topological polar surface area (TPSA) is 135 Å². The maximum atomic E-state index is 14.1. The van der Waals surface area contributed by atoms with Gasteiger partial charge in [0.05, 0.1) is 28.8 Å². The third-order valence-corrected chi connectivity index (χ3v) is 9.60. The molecule has 0 spiro atoms. The van der Waals surface area contributed by atoms with Gasteiger partial charge in [-0.3, -0.25) is 19.2 Å². The van der Waals surface area contributed by atoms with Gasteiger partial charge >= 0.3 is 10.8 Å². The predicted octanol–water partition coefficient (Wildman–Crippen LogP) is 4.57. The molecule has 6 rings (SSSR count). The monoisotopic (exact) mass is 633 g/mol. The molecule has 3 aromatic carbocycles. The molecule has 1 aromatic heterocycles. The highest BCUT2D eigenvalue weighted by Crippen LogP contribution is 2.54. The Bertz CT molecular complexity index is 1820. The largest absolute Gasteiger partial charge is 0.483 e. The normalized spacial score (nSPS) is 18.9. The number of ether oxygens (including phenoxy) is 2. The number of thiazole rings is 1. The van der Waals surface area contributed by atoms with Gasteiger partial charge in [-0.1, -0.05) is 41.3 Å². The van der Waals surface area contributed by atoms with Crippen LogP contribution in [0.5, 0.6) is 5.75 Å². The van der Waals surface area contributed by atoms with Gasteiger partial charge in [-0.05, 0) is 61.5 Å². The van der Waals surface area contributed by atoms with Crippen molar-refractivity contribution in [3.8, 4) is 5.75 Å². The van der Waals surface area contributed by atoms with Crippen molar-refractivity contribution in [2.24, 2.45) is 5.92 Å². The molecular formula is C31H24FN3O7S2. The van der Waals surface area contributed by atoms with E-state index in [1.165, 1.54) is 48.5 Å². The van der Waals surface area contributed by atoms with Crippen LogP contribution in [-0.2, 0) is 19.1 Å². The summed E-state index contributed by atoms with van der Waals surface area (Å²) in [5.41, 5.74) is 1.52. The summed E-state index contributed by atoms with van der Waals surface area (Å²) >= 11 is 2.09. The SMILES string of the molecule is CCOC(=O)c1ccc(N2C(=O)C3Sc4[nH]c(=O)sc4C(c4ccccc4OCC(=O)Nc4ccc(F)cc4)C3C2=O)cc1. The van der Waals surface area contributed by atoms with Gasteiger partial charge < -0.3 is 19.8 Å². The van der Waals surface area contributed by atoms with Crippen LogP contribution in [0.1, 0.15) is 33.6 Å². The Hall–Kier alpha value is -4.75. The van der Waals surface area contributed by atoms with Crippen LogP contribution in [-0.4, -0.2) is 47.1 Å². The van der Waals surface area contributed by atoms with E-state index in [1.54, 1.807) is 31.2 Å². The standard InChI is InChI=1S/C31H24FN3O7S2/c1-2-41-30(39)16-7-13-19(14-8-16)35-28(37)24-23(25-27(34-31(40)44-25)43-26(24)29(35)38)20-5-3-4-6-21(20)42-15-22(36)33-18-11-9-17(32)10-12-18/h3-14,23-24,26H,2,15H2,1H3,(H,33,36)(H,34,40). The van der Waals surface area contributed by atoms with Crippen LogP contribution in [0.15, 0.2) is 82.6 Å². The lowest BCUT2D eigenvalue weighted by molar-refractivity contribution is -0.122. The number of thioether (sulfide) groups is 1. The zero-order chi connectivity index (χ0) is 31.0. The van der Waals surface area contributed by atoms with Crippen LogP contribution in [0.4, 0.5) is 15.8 Å². The minimum absolute atomic E-state index is 0.210. The number of nitrogens with zero attached hydrogens (tertiary/aromatic N) is 1. The lowest BCUT2D eigenvalue weighted by Gasteiger charge is -2.30. The molecule has 1 fully saturated rings. The number of fused-ring (bicyclic) bond motifs is 2. The quantitative estimate of drug-likeness (QED) is 0.213. The number of benzene rings is 3. The fourth-order valence-electron chi connectivity index (χ4n) is 5.31. The van der Waals surface area contributed by atoms with Crippen LogP contribution in [0, 0.1) is 11.7 Å². The summed E-state index contributed by atoms with van der Waals surface area (Å²) in [4.78, 5) is 69.2. The average molecular weight is 634 g/mol. The second-order valence-electron chi connectivity index (χ2n) is 9.91. The van der Waals surface area contributed by atoms with Gasteiger partial charge in [0.25, 0.3) is 5.91 Å². The number of nitrogens with one attached hydrogen (secondary N) is 2. The Morgan fingerprint density at radius 3 is 2.43 bits per heavy atom. The first-order valence-corrected chi connectivity index (χ1v) is 15.3. The number of carbonyl (C=O) groups is 4. The zero-order valence-electron chi connectivity index (χ0n) is 23.1. The van der Waals surface area contributed by atoms with Crippen molar-refractivity contribution >= 4 is 58.2 Å². The number of H-pyrrole nitrogens is 1. The highest BCUT2D eigenvalue weighted by molar-refractivity contribution is 8.00. The molecule has 0 bridgehead atoms. The van der Waals surface area contributed by atoms with Crippen LogP contribution in [0.25, 0.3) is 0 Å². The van der Waals surface area contributed by atoms with E-state index >= 15 is 0 Å².